The fraction of sp³-hybridized carbons (Fsp3) is 0.556. The Labute approximate surface area is 222 Å². The van der Waals surface area contributed by atoms with Gasteiger partial charge >= 0.3 is 5.97 Å². The molecule has 0 bridgehead atoms. The number of carbonyl (C=O) groups excluding carboxylic acids is 3. The average Bonchev–Trinajstić information content (AvgIpc) is 3.53. The van der Waals surface area contributed by atoms with E-state index in [1.165, 1.54) is 4.90 Å². The molecule has 208 valence electrons. The predicted molar refractivity (Wildman–Crippen MR) is 144 cm³/mol. The van der Waals surface area contributed by atoms with Gasteiger partial charge in [-0.05, 0) is 62.6 Å². The van der Waals surface area contributed by atoms with E-state index in [4.69, 9.17) is 11.5 Å². The van der Waals surface area contributed by atoms with Gasteiger partial charge in [-0.2, -0.15) is 0 Å². The first kappa shape index (κ1) is 29.1. The molecular weight excluding hydrogens is 488 g/mol. The second kappa shape index (κ2) is 13.4. The Balaban J connectivity index is 1.64. The molecule has 1 saturated heterocycles. The van der Waals surface area contributed by atoms with Crippen LogP contribution in [0.25, 0.3) is 10.9 Å². The first-order valence-electron chi connectivity index (χ1n) is 13.3. The van der Waals surface area contributed by atoms with E-state index in [2.05, 4.69) is 15.6 Å². The van der Waals surface area contributed by atoms with Crippen LogP contribution in [0.1, 0.15) is 51.5 Å². The van der Waals surface area contributed by atoms with Gasteiger partial charge < -0.3 is 37.1 Å². The summed E-state index contributed by atoms with van der Waals surface area (Å²) in [7, 11) is 0. The average molecular weight is 529 g/mol. The number of likely N-dealkylation sites (tertiary alicyclic amines) is 1. The summed E-state index contributed by atoms with van der Waals surface area (Å²) < 4.78 is 0. The van der Waals surface area contributed by atoms with E-state index >= 15 is 0 Å². The number of unbranched alkanes of at least 4 members (excludes halogenated alkanes) is 1. The third kappa shape index (κ3) is 7.11. The zero-order valence-corrected chi connectivity index (χ0v) is 22.1. The van der Waals surface area contributed by atoms with E-state index in [1.54, 1.807) is 13.8 Å². The maximum Gasteiger partial charge on any atom is 0.326 e. The highest BCUT2D eigenvalue weighted by atomic mass is 16.4. The van der Waals surface area contributed by atoms with Crippen LogP contribution in [-0.4, -0.2) is 75.9 Å². The Morgan fingerprint density at radius 3 is 2.58 bits per heavy atom. The molecule has 1 aliphatic heterocycles. The third-order valence-corrected chi connectivity index (χ3v) is 7.08. The lowest BCUT2D eigenvalue weighted by atomic mass is 10.0. The van der Waals surface area contributed by atoms with Crippen molar-refractivity contribution >= 4 is 34.6 Å². The van der Waals surface area contributed by atoms with Gasteiger partial charge in [-0.3, -0.25) is 14.4 Å². The Bertz CT molecular complexity index is 1130. The van der Waals surface area contributed by atoms with E-state index in [1.807, 2.05) is 30.5 Å². The number of fused-ring (bicyclic) bond motifs is 1. The molecule has 11 heteroatoms. The number of H-pyrrole nitrogens is 1. The minimum absolute atomic E-state index is 0.246. The number of carbonyl (C=O) groups is 4. The van der Waals surface area contributed by atoms with Crippen LogP contribution in [0.3, 0.4) is 0 Å². The lowest BCUT2D eigenvalue weighted by Gasteiger charge is -2.29. The molecule has 1 aromatic carbocycles. The molecule has 4 unspecified atom stereocenters. The van der Waals surface area contributed by atoms with Crippen LogP contribution in [0.4, 0.5) is 0 Å². The van der Waals surface area contributed by atoms with Crippen molar-refractivity contribution in [2.45, 2.75) is 76.5 Å². The molecule has 3 rings (SSSR count). The number of aliphatic carboxylic acids is 1. The van der Waals surface area contributed by atoms with Crippen molar-refractivity contribution in [2.75, 3.05) is 13.1 Å². The van der Waals surface area contributed by atoms with Crippen molar-refractivity contribution in [3.05, 3.63) is 36.0 Å². The normalized spacial score (nSPS) is 17.8. The summed E-state index contributed by atoms with van der Waals surface area (Å²) in [6.07, 6.45) is 4.73. The van der Waals surface area contributed by atoms with Gasteiger partial charge in [-0.15, -0.1) is 0 Å². The monoisotopic (exact) mass is 528 g/mol. The maximum absolute atomic E-state index is 13.3. The van der Waals surface area contributed by atoms with E-state index in [9.17, 15) is 24.3 Å². The number of nitrogens with one attached hydrogen (secondary N) is 3. The van der Waals surface area contributed by atoms with Crippen molar-refractivity contribution in [3.8, 4) is 0 Å². The zero-order chi connectivity index (χ0) is 27.8. The molecule has 1 fully saturated rings. The summed E-state index contributed by atoms with van der Waals surface area (Å²) in [6.45, 7) is 4.37. The number of rotatable bonds is 13. The molecule has 3 amide bonds. The van der Waals surface area contributed by atoms with Crippen LogP contribution in [0.2, 0.25) is 0 Å². The number of carboxylic acid groups (broad SMARTS) is 1. The molecule has 2 heterocycles. The fourth-order valence-corrected chi connectivity index (χ4v) is 4.94. The number of aromatic nitrogens is 1. The van der Waals surface area contributed by atoms with Crippen LogP contribution < -0.4 is 22.1 Å². The van der Waals surface area contributed by atoms with Crippen molar-refractivity contribution in [2.24, 2.45) is 17.4 Å². The van der Waals surface area contributed by atoms with Crippen LogP contribution >= 0.6 is 0 Å². The number of nitrogens with two attached hydrogens (primary N) is 2. The number of hydrogen-bond acceptors (Lipinski definition) is 6. The van der Waals surface area contributed by atoms with Gasteiger partial charge in [-0.25, -0.2) is 4.79 Å². The SMILES string of the molecule is CC(C)C(NC(=O)C1CCCN1C(=O)C(N)Cc1c[nH]c2ccccc12)C(=O)NC(CCCCN)C(=O)O. The van der Waals surface area contributed by atoms with Gasteiger partial charge in [0.2, 0.25) is 17.7 Å². The van der Waals surface area contributed by atoms with Gasteiger partial charge in [0, 0.05) is 23.6 Å². The number of nitrogens with zero attached hydrogens (tertiary/aromatic N) is 1. The molecule has 8 N–H and O–H groups in total. The van der Waals surface area contributed by atoms with E-state index in [0.717, 1.165) is 16.5 Å². The molecule has 0 radical (unpaired) electrons. The van der Waals surface area contributed by atoms with Crippen molar-refractivity contribution < 1.29 is 24.3 Å². The van der Waals surface area contributed by atoms with Crippen LogP contribution in [0.15, 0.2) is 30.5 Å². The Hall–Kier alpha value is -3.44. The van der Waals surface area contributed by atoms with Gasteiger partial charge in [0.05, 0.1) is 6.04 Å². The number of para-hydroxylation sites is 1. The number of benzene rings is 1. The summed E-state index contributed by atoms with van der Waals surface area (Å²) in [5.74, 6) is -2.77. The summed E-state index contributed by atoms with van der Waals surface area (Å²) in [4.78, 5) is 55.8. The quantitative estimate of drug-likeness (QED) is 0.208. The first-order chi connectivity index (χ1) is 18.1. The summed E-state index contributed by atoms with van der Waals surface area (Å²) in [5.41, 5.74) is 13.7. The zero-order valence-electron chi connectivity index (χ0n) is 22.1. The van der Waals surface area contributed by atoms with Crippen LogP contribution in [-0.2, 0) is 25.6 Å². The lowest BCUT2D eigenvalue weighted by Crippen LogP contribution is -2.58. The molecular formula is C27H40N6O5. The van der Waals surface area contributed by atoms with E-state index in [-0.39, 0.29) is 18.2 Å². The van der Waals surface area contributed by atoms with Gasteiger partial charge in [0.1, 0.15) is 18.1 Å². The summed E-state index contributed by atoms with van der Waals surface area (Å²) >= 11 is 0. The van der Waals surface area contributed by atoms with E-state index in [0.29, 0.717) is 45.2 Å². The maximum atomic E-state index is 13.3. The summed E-state index contributed by atoms with van der Waals surface area (Å²) in [6, 6.07) is 4.18. The highest BCUT2D eigenvalue weighted by Gasteiger charge is 2.38. The number of carboxylic acids is 1. The standard InChI is InChI=1S/C27H40N6O5/c1-16(2)23(25(35)31-21(27(37)38)10-5-6-12-28)32-24(34)22-11-7-13-33(22)26(36)19(29)14-17-15-30-20-9-4-3-8-18(17)20/h3-4,8-9,15-16,19,21-23,30H,5-7,10-14,28-29H2,1-2H3,(H,31,35)(H,32,34)(H,37,38). The molecule has 0 spiro atoms. The largest absolute Gasteiger partial charge is 0.480 e. The smallest absolute Gasteiger partial charge is 0.326 e. The third-order valence-electron chi connectivity index (χ3n) is 7.08. The van der Waals surface area contributed by atoms with Gasteiger partial charge in [-0.1, -0.05) is 32.0 Å². The van der Waals surface area contributed by atoms with Crippen molar-refractivity contribution in [3.63, 3.8) is 0 Å². The highest BCUT2D eigenvalue weighted by Crippen LogP contribution is 2.22. The predicted octanol–water partition coefficient (Wildman–Crippen LogP) is 0.868. The molecule has 4 atom stereocenters. The minimum atomic E-state index is -1.14. The van der Waals surface area contributed by atoms with Crippen molar-refractivity contribution in [1.29, 1.82) is 0 Å². The Kier molecular flexibility index (Phi) is 10.3. The minimum Gasteiger partial charge on any atom is -0.480 e. The van der Waals surface area contributed by atoms with Gasteiger partial charge in [0.15, 0.2) is 0 Å². The van der Waals surface area contributed by atoms with Crippen molar-refractivity contribution in [1.82, 2.24) is 20.5 Å². The second-order valence-corrected chi connectivity index (χ2v) is 10.3. The number of aromatic amines is 1. The topological polar surface area (TPSA) is 184 Å². The second-order valence-electron chi connectivity index (χ2n) is 10.3. The number of amides is 3. The lowest BCUT2D eigenvalue weighted by molar-refractivity contribution is -0.143. The molecule has 0 aliphatic carbocycles. The molecule has 1 aromatic heterocycles. The molecule has 2 aromatic rings. The molecule has 11 nitrogen and oxygen atoms in total. The first-order valence-corrected chi connectivity index (χ1v) is 13.3. The molecule has 0 saturated carbocycles. The van der Waals surface area contributed by atoms with Crippen LogP contribution in [0, 0.1) is 5.92 Å². The van der Waals surface area contributed by atoms with Crippen LogP contribution in [0.5, 0.6) is 0 Å². The molecule has 1 aliphatic rings. The van der Waals surface area contributed by atoms with Gasteiger partial charge in [0.25, 0.3) is 0 Å². The molecule has 38 heavy (non-hydrogen) atoms. The van der Waals surface area contributed by atoms with E-state index < -0.39 is 42.0 Å². The number of hydrogen-bond donors (Lipinski definition) is 6. The summed E-state index contributed by atoms with van der Waals surface area (Å²) in [5, 5.41) is 15.8. The fourth-order valence-electron chi connectivity index (χ4n) is 4.94. The Morgan fingerprint density at radius 1 is 1.16 bits per heavy atom. The highest BCUT2D eigenvalue weighted by molar-refractivity contribution is 5.95. The Morgan fingerprint density at radius 2 is 1.89 bits per heavy atom.